The standard InChI is InChI=1S/C12H18BrNO3S/c1-8-5-10(13)6-11(17-3)12(8)14-9(2)7-18(4,15)16/h5-6,9,14H,7H2,1-4H3. The molecule has 1 unspecified atom stereocenters. The first-order valence-electron chi connectivity index (χ1n) is 5.51. The van der Waals surface area contributed by atoms with Crippen LogP contribution in [0.15, 0.2) is 16.6 Å². The highest BCUT2D eigenvalue weighted by Crippen LogP contribution is 2.32. The largest absolute Gasteiger partial charge is 0.495 e. The Morgan fingerprint density at radius 3 is 2.56 bits per heavy atom. The van der Waals surface area contributed by atoms with Crippen molar-refractivity contribution in [3.63, 3.8) is 0 Å². The van der Waals surface area contributed by atoms with E-state index < -0.39 is 9.84 Å². The lowest BCUT2D eigenvalue weighted by atomic mass is 10.1. The first-order chi connectivity index (χ1) is 8.23. The van der Waals surface area contributed by atoms with Crippen LogP contribution in [0.3, 0.4) is 0 Å². The summed E-state index contributed by atoms with van der Waals surface area (Å²) in [4.78, 5) is 0. The Morgan fingerprint density at radius 1 is 1.44 bits per heavy atom. The predicted octanol–water partition coefficient (Wildman–Crippen LogP) is 2.61. The van der Waals surface area contributed by atoms with Crippen LogP contribution >= 0.6 is 15.9 Å². The Kier molecular flexibility index (Phi) is 5.04. The van der Waals surface area contributed by atoms with Crippen molar-refractivity contribution in [2.45, 2.75) is 19.9 Å². The lowest BCUT2D eigenvalue weighted by Gasteiger charge is -2.19. The molecule has 1 rings (SSSR count). The van der Waals surface area contributed by atoms with Gasteiger partial charge in [0.1, 0.15) is 15.6 Å². The molecule has 0 fully saturated rings. The predicted molar refractivity (Wildman–Crippen MR) is 78.2 cm³/mol. The zero-order valence-corrected chi connectivity index (χ0v) is 13.4. The summed E-state index contributed by atoms with van der Waals surface area (Å²) in [5, 5.41) is 3.19. The fourth-order valence-corrected chi connectivity index (χ4v) is 3.34. The van der Waals surface area contributed by atoms with E-state index in [-0.39, 0.29) is 11.8 Å². The van der Waals surface area contributed by atoms with Crippen LogP contribution in [0.4, 0.5) is 5.69 Å². The molecule has 6 heteroatoms. The molecule has 0 aliphatic carbocycles. The molecule has 0 aromatic heterocycles. The number of benzene rings is 1. The summed E-state index contributed by atoms with van der Waals surface area (Å²) in [5.74, 6) is 0.785. The summed E-state index contributed by atoms with van der Waals surface area (Å²) < 4.78 is 28.7. The van der Waals surface area contributed by atoms with E-state index >= 15 is 0 Å². The van der Waals surface area contributed by atoms with Crippen LogP contribution in [0.1, 0.15) is 12.5 Å². The molecule has 18 heavy (non-hydrogen) atoms. The van der Waals surface area contributed by atoms with Crippen LogP contribution in [-0.4, -0.2) is 33.6 Å². The number of hydrogen-bond donors (Lipinski definition) is 1. The number of rotatable bonds is 5. The van der Waals surface area contributed by atoms with Gasteiger partial charge in [-0.05, 0) is 31.5 Å². The van der Waals surface area contributed by atoms with Crippen LogP contribution in [0.5, 0.6) is 5.75 Å². The number of sulfone groups is 1. The summed E-state index contributed by atoms with van der Waals surface area (Å²) in [6.45, 7) is 3.78. The van der Waals surface area contributed by atoms with Crippen LogP contribution in [0, 0.1) is 6.92 Å². The molecule has 0 heterocycles. The summed E-state index contributed by atoms with van der Waals surface area (Å²) >= 11 is 3.40. The van der Waals surface area contributed by atoms with Crippen molar-refractivity contribution in [1.29, 1.82) is 0 Å². The van der Waals surface area contributed by atoms with E-state index in [4.69, 9.17) is 4.74 Å². The molecule has 0 amide bonds. The van der Waals surface area contributed by atoms with Gasteiger partial charge in [0.2, 0.25) is 0 Å². The number of aryl methyl sites for hydroxylation is 1. The molecular formula is C12H18BrNO3S. The molecule has 1 N–H and O–H groups in total. The van der Waals surface area contributed by atoms with Crippen LogP contribution < -0.4 is 10.1 Å². The van der Waals surface area contributed by atoms with Crippen molar-refractivity contribution in [1.82, 2.24) is 0 Å². The smallest absolute Gasteiger partial charge is 0.149 e. The maximum atomic E-state index is 11.2. The van der Waals surface area contributed by atoms with Gasteiger partial charge in [-0.25, -0.2) is 8.42 Å². The lowest BCUT2D eigenvalue weighted by molar-refractivity contribution is 0.415. The van der Waals surface area contributed by atoms with Gasteiger partial charge in [0.15, 0.2) is 0 Å². The zero-order valence-electron chi connectivity index (χ0n) is 11.0. The zero-order chi connectivity index (χ0) is 13.9. The molecule has 1 aromatic rings. The topological polar surface area (TPSA) is 55.4 Å². The third-order valence-electron chi connectivity index (χ3n) is 2.43. The van der Waals surface area contributed by atoms with Gasteiger partial charge < -0.3 is 10.1 Å². The van der Waals surface area contributed by atoms with Crippen LogP contribution in [-0.2, 0) is 9.84 Å². The minimum absolute atomic E-state index is 0.0889. The molecule has 1 aromatic carbocycles. The summed E-state index contributed by atoms with van der Waals surface area (Å²) in [7, 11) is -1.41. The number of hydrogen-bond acceptors (Lipinski definition) is 4. The molecule has 0 radical (unpaired) electrons. The Labute approximate surface area is 117 Å². The molecule has 0 saturated heterocycles. The molecule has 4 nitrogen and oxygen atoms in total. The quantitative estimate of drug-likeness (QED) is 0.898. The third-order valence-corrected chi connectivity index (χ3v) is 3.99. The highest BCUT2D eigenvalue weighted by atomic mass is 79.9. The summed E-state index contributed by atoms with van der Waals surface area (Å²) in [6.07, 6.45) is 1.23. The Morgan fingerprint density at radius 2 is 2.06 bits per heavy atom. The van der Waals surface area contributed by atoms with Crippen molar-refractivity contribution in [3.05, 3.63) is 22.2 Å². The number of ether oxygens (including phenoxy) is 1. The number of methoxy groups -OCH3 is 1. The van der Waals surface area contributed by atoms with Gasteiger partial charge >= 0.3 is 0 Å². The second kappa shape index (κ2) is 5.93. The van der Waals surface area contributed by atoms with Gasteiger partial charge in [0.25, 0.3) is 0 Å². The Hall–Kier alpha value is -0.750. The van der Waals surface area contributed by atoms with E-state index in [2.05, 4.69) is 21.2 Å². The van der Waals surface area contributed by atoms with E-state index in [0.29, 0.717) is 5.75 Å². The molecule has 102 valence electrons. The SMILES string of the molecule is COc1cc(Br)cc(C)c1NC(C)CS(C)(=O)=O. The Bertz CT molecular complexity index is 528. The third kappa shape index (κ3) is 4.49. The molecule has 0 saturated carbocycles. The highest BCUT2D eigenvalue weighted by Gasteiger charge is 2.14. The fraction of sp³-hybridized carbons (Fsp3) is 0.500. The monoisotopic (exact) mass is 335 g/mol. The van der Waals surface area contributed by atoms with Crippen LogP contribution in [0.2, 0.25) is 0 Å². The molecule has 0 spiro atoms. The number of nitrogens with one attached hydrogen (secondary N) is 1. The maximum absolute atomic E-state index is 11.2. The first kappa shape index (κ1) is 15.3. The van der Waals surface area contributed by atoms with Crippen molar-refractivity contribution in [3.8, 4) is 5.75 Å². The van der Waals surface area contributed by atoms with E-state index in [0.717, 1.165) is 15.7 Å². The van der Waals surface area contributed by atoms with Crippen molar-refractivity contribution in [2.75, 3.05) is 24.4 Å². The first-order valence-corrected chi connectivity index (χ1v) is 8.36. The fourth-order valence-electron chi connectivity index (χ4n) is 1.80. The summed E-state index contributed by atoms with van der Waals surface area (Å²) in [6, 6.07) is 3.63. The molecule has 0 aliphatic rings. The van der Waals surface area contributed by atoms with Gasteiger partial charge in [0.05, 0.1) is 18.6 Å². The van der Waals surface area contributed by atoms with Gasteiger partial charge in [-0.2, -0.15) is 0 Å². The van der Waals surface area contributed by atoms with Gasteiger partial charge in [-0.3, -0.25) is 0 Å². The summed E-state index contributed by atoms with van der Waals surface area (Å²) in [5.41, 5.74) is 1.83. The van der Waals surface area contributed by atoms with Crippen molar-refractivity contribution >= 4 is 31.5 Å². The van der Waals surface area contributed by atoms with Crippen LogP contribution in [0.25, 0.3) is 0 Å². The van der Waals surface area contributed by atoms with Crippen molar-refractivity contribution in [2.24, 2.45) is 0 Å². The minimum Gasteiger partial charge on any atom is -0.495 e. The minimum atomic E-state index is -3.00. The van der Waals surface area contributed by atoms with E-state index in [1.165, 1.54) is 6.26 Å². The van der Waals surface area contributed by atoms with E-state index in [1.807, 2.05) is 26.0 Å². The molecule has 0 aliphatic heterocycles. The van der Waals surface area contributed by atoms with Crippen molar-refractivity contribution < 1.29 is 13.2 Å². The Balaban J connectivity index is 2.97. The van der Waals surface area contributed by atoms with Gasteiger partial charge in [-0.15, -0.1) is 0 Å². The second-order valence-electron chi connectivity index (χ2n) is 4.44. The van der Waals surface area contributed by atoms with E-state index in [1.54, 1.807) is 7.11 Å². The highest BCUT2D eigenvalue weighted by molar-refractivity contribution is 9.10. The van der Waals surface area contributed by atoms with E-state index in [9.17, 15) is 8.42 Å². The molecular weight excluding hydrogens is 318 g/mol. The lowest BCUT2D eigenvalue weighted by Crippen LogP contribution is -2.25. The van der Waals surface area contributed by atoms with Gasteiger partial charge in [0, 0.05) is 16.8 Å². The maximum Gasteiger partial charge on any atom is 0.149 e. The molecule has 0 bridgehead atoms. The van der Waals surface area contributed by atoms with Gasteiger partial charge in [-0.1, -0.05) is 15.9 Å². The average molecular weight is 336 g/mol. The molecule has 1 atom stereocenters. The normalized spacial score (nSPS) is 13.2. The average Bonchev–Trinajstić information content (AvgIpc) is 2.18. The second-order valence-corrected chi connectivity index (χ2v) is 7.54. The number of halogens is 1. The number of anilines is 1.